The van der Waals surface area contributed by atoms with Gasteiger partial charge in [-0.05, 0) is 55.5 Å². The highest BCUT2D eigenvalue weighted by Crippen LogP contribution is 2.24. The topological polar surface area (TPSA) is 127 Å². The first-order valence-corrected chi connectivity index (χ1v) is 12.9. The van der Waals surface area contributed by atoms with Gasteiger partial charge in [-0.2, -0.15) is 5.26 Å². The molecule has 4 rings (SSSR count). The summed E-state index contributed by atoms with van der Waals surface area (Å²) in [5, 5.41) is 12.5. The summed E-state index contributed by atoms with van der Waals surface area (Å²) in [5.74, 6) is -0.831. The maximum atomic E-state index is 13.0. The molecule has 2 aromatic carbocycles. The van der Waals surface area contributed by atoms with Gasteiger partial charge in [0.05, 0.1) is 24.7 Å². The third-order valence-corrected chi connectivity index (χ3v) is 6.44. The van der Waals surface area contributed by atoms with Gasteiger partial charge < -0.3 is 24.1 Å². The molecular formula is C29H34N4O6. The highest BCUT2D eigenvalue weighted by Gasteiger charge is 2.33. The lowest BCUT2D eigenvalue weighted by Crippen LogP contribution is -2.48. The first kappa shape index (κ1) is 27.9. The molecule has 0 spiro atoms. The lowest BCUT2D eigenvalue weighted by atomic mass is 10.0. The number of nitriles is 1. The summed E-state index contributed by atoms with van der Waals surface area (Å²) in [5.41, 5.74) is 3.30. The molecule has 3 atom stereocenters. The van der Waals surface area contributed by atoms with Crippen molar-refractivity contribution in [3.8, 4) is 17.2 Å². The second-order valence-corrected chi connectivity index (χ2v) is 11.0. The number of ether oxygens (including phenoxy) is 2. The van der Waals surface area contributed by atoms with Crippen molar-refractivity contribution >= 4 is 23.1 Å². The van der Waals surface area contributed by atoms with E-state index in [2.05, 4.69) is 11.4 Å². The van der Waals surface area contributed by atoms with Gasteiger partial charge in [0.2, 0.25) is 0 Å². The monoisotopic (exact) mass is 534 g/mol. The summed E-state index contributed by atoms with van der Waals surface area (Å²) in [6.45, 7) is 8.08. The van der Waals surface area contributed by atoms with E-state index in [0.717, 1.165) is 16.7 Å². The third kappa shape index (κ3) is 6.86. The molecule has 2 amide bonds. The number of benzene rings is 2. The zero-order chi connectivity index (χ0) is 28.3. The standard InChI is InChI=1S/C29H34N4O6/c1-18-15-33(28(36)39-29(2,3)4)16-25(37-17-18)26(34)31-22(14-30)12-19-6-8-20(9-7-19)21-10-11-24-23(13-21)32(5)27(35)38-24/h6-11,13,18,22,25H,12,15-17H2,1-5H3,(H,31,34)/t18-,22-,25-/m0/s1. The minimum atomic E-state index is -0.908. The molecule has 10 nitrogen and oxygen atoms in total. The number of oxazole rings is 1. The van der Waals surface area contributed by atoms with Crippen molar-refractivity contribution in [2.24, 2.45) is 13.0 Å². The van der Waals surface area contributed by atoms with E-state index in [1.807, 2.05) is 43.3 Å². The average Bonchev–Trinajstić information content (AvgIpc) is 3.03. The maximum Gasteiger partial charge on any atom is 0.419 e. The Balaban J connectivity index is 1.40. The summed E-state index contributed by atoms with van der Waals surface area (Å²) in [7, 11) is 1.66. The highest BCUT2D eigenvalue weighted by molar-refractivity contribution is 5.83. The van der Waals surface area contributed by atoms with Crippen LogP contribution in [-0.2, 0) is 27.7 Å². The smallest absolute Gasteiger partial charge is 0.419 e. The van der Waals surface area contributed by atoms with Gasteiger partial charge in [0.1, 0.15) is 11.6 Å². The number of nitrogens with one attached hydrogen (secondary N) is 1. The van der Waals surface area contributed by atoms with Gasteiger partial charge in [-0.3, -0.25) is 9.36 Å². The van der Waals surface area contributed by atoms with Crippen LogP contribution in [0.25, 0.3) is 22.2 Å². The molecule has 1 saturated heterocycles. The zero-order valence-electron chi connectivity index (χ0n) is 22.9. The van der Waals surface area contributed by atoms with Crippen LogP contribution in [0.4, 0.5) is 4.79 Å². The van der Waals surface area contributed by atoms with Crippen LogP contribution in [0.5, 0.6) is 0 Å². The van der Waals surface area contributed by atoms with Gasteiger partial charge in [0.25, 0.3) is 5.91 Å². The number of hydrogen-bond acceptors (Lipinski definition) is 7. The number of amides is 2. The first-order valence-electron chi connectivity index (χ1n) is 12.9. The largest absolute Gasteiger partial charge is 0.444 e. The van der Waals surface area contributed by atoms with E-state index in [1.54, 1.807) is 33.9 Å². The van der Waals surface area contributed by atoms with E-state index in [0.29, 0.717) is 30.7 Å². The minimum absolute atomic E-state index is 0.0275. The Kier molecular flexibility index (Phi) is 8.11. The number of aromatic nitrogens is 1. The molecule has 0 radical (unpaired) electrons. The Bertz CT molecular complexity index is 1440. The molecule has 0 saturated carbocycles. The molecule has 1 aromatic heterocycles. The number of nitrogens with zero attached hydrogens (tertiary/aromatic N) is 3. The van der Waals surface area contributed by atoms with E-state index in [-0.39, 0.29) is 12.5 Å². The summed E-state index contributed by atoms with van der Waals surface area (Å²) < 4.78 is 17.9. The summed E-state index contributed by atoms with van der Waals surface area (Å²) in [6.07, 6.45) is -1.10. The molecule has 1 aliphatic rings. The Morgan fingerprint density at radius 1 is 1.15 bits per heavy atom. The van der Waals surface area contributed by atoms with Gasteiger partial charge in [-0.25, -0.2) is 9.59 Å². The molecule has 206 valence electrons. The normalized spacial score (nSPS) is 18.7. The van der Waals surface area contributed by atoms with Crippen molar-refractivity contribution < 1.29 is 23.5 Å². The molecule has 10 heteroatoms. The lowest BCUT2D eigenvalue weighted by Gasteiger charge is -2.28. The summed E-state index contributed by atoms with van der Waals surface area (Å²) in [6, 6.07) is 14.6. The van der Waals surface area contributed by atoms with E-state index >= 15 is 0 Å². The van der Waals surface area contributed by atoms with E-state index in [9.17, 15) is 19.6 Å². The van der Waals surface area contributed by atoms with Gasteiger partial charge >= 0.3 is 11.8 Å². The number of hydrogen-bond donors (Lipinski definition) is 1. The van der Waals surface area contributed by atoms with Gasteiger partial charge in [0, 0.05) is 20.0 Å². The number of fused-ring (bicyclic) bond motifs is 1. The van der Waals surface area contributed by atoms with Gasteiger partial charge in [0.15, 0.2) is 11.7 Å². The summed E-state index contributed by atoms with van der Waals surface area (Å²) in [4.78, 5) is 39.0. The quantitative estimate of drug-likeness (QED) is 0.530. The Morgan fingerprint density at radius 2 is 1.85 bits per heavy atom. The molecule has 0 unspecified atom stereocenters. The fourth-order valence-corrected chi connectivity index (χ4v) is 4.44. The van der Waals surface area contributed by atoms with Crippen LogP contribution in [0.3, 0.4) is 0 Å². The van der Waals surface area contributed by atoms with Gasteiger partial charge in [-0.15, -0.1) is 0 Å². The number of aryl methyl sites for hydroxylation is 1. The zero-order valence-corrected chi connectivity index (χ0v) is 22.9. The fraction of sp³-hybridized carbons (Fsp3) is 0.448. The maximum absolute atomic E-state index is 13.0. The third-order valence-electron chi connectivity index (χ3n) is 6.44. The second kappa shape index (κ2) is 11.3. The molecule has 0 bridgehead atoms. The number of carbonyl (C=O) groups excluding carboxylic acids is 2. The minimum Gasteiger partial charge on any atom is -0.444 e. The van der Waals surface area contributed by atoms with E-state index in [4.69, 9.17) is 13.9 Å². The Labute approximate surface area is 227 Å². The van der Waals surface area contributed by atoms with Crippen molar-refractivity contribution in [1.29, 1.82) is 5.26 Å². The van der Waals surface area contributed by atoms with Crippen LogP contribution in [0.15, 0.2) is 51.7 Å². The average molecular weight is 535 g/mol. The van der Waals surface area contributed by atoms with Crippen LogP contribution in [0, 0.1) is 17.2 Å². The van der Waals surface area contributed by atoms with Crippen LogP contribution in [0.2, 0.25) is 0 Å². The SMILES string of the molecule is C[C@@H]1CO[C@H](C(=O)N[C@H](C#N)Cc2ccc(-c3ccc4oc(=O)n(C)c4c3)cc2)CN(C(=O)OC(C)(C)C)C1. The van der Waals surface area contributed by atoms with Crippen molar-refractivity contribution in [1.82, 2.24) is 14.8 Å². The second-order valence-electron chi connectivity index (χ2n) is 11.0. The highest BCUT2D eigenvalue weighted by atomic mass is 16.6. The molecule has 1 N–H and O–H groups in total. The van der Waals surface area contributed by atoms with Crippen LogP contribution >= 0.6 is 0 Å². The van der Waals surface area contributed by atoms with Crippen molar-refractivity contribution in [2.45, 2.75) is 51.9 Å². The Morgan fingerprint density at radius 3 is 2.51 bits per heavy atom. The predicted molar refractivity (Wildman–Crippen MR) is 145 cm³/mol. The molecule has 1 fully saturated rings. The van der Waals surface area contributed by atoms with E-state index < -0.39 is 35.5 Å². The lowest BCUT2D eigenvalue weighted by molar-refractivity contribution is -0.133. The molecule has 1 aliphatic heterocycles. The first-order chi connectivity index (χ1) is 18.4. The fourth-order valence-electron chi connectivity index (χ4n) is 4.44. The van der Waals surface area contributed by atoms with Crippen LogP contribution < -0.4 is 11.1 Å². The van der Waals surface area contributed by atoms with E-state index in [1.165, 1.54) is 9.47 Å². The molecule has 2 heterocycles. The molecule has 3 aromatic rings. The molecule has 0 aliphatic carbocycles. The van der Waals surface area contributed by atoms with Crippen molar-refractivity contribution in [3.63, 3.8) is 0 Å². The Hall–Kier alpha value is -4.10. The van der Waals surface area contributed by atoms with Crippen LogP contribution in [0.1, 0.15) is 33.3 Å². The van der Waals surface area contributed by atoms with Gasteiger partial charge in [-0.1, -0.05) is 37.3 Å². The van der Waals surface area contributed by atoms with Crippen molar-refractivity contribution in [2.75, 3.05) is 19.7 Å². The molecule has 39 heavy (non-hydrogen) atoms. The van der Waals surface area contributed by atoms with Crippen molar-refractivity contribution in [3.05, 3.63) is 58.6 Å². The molecular weight excluding hydrogens is 500 g/mol. The summed E-state index contributed by atoms with van der Waals surface area (Å²) >= 11 is 0. The van der Waals surface area contributed by atoms with Crippen LogP contribution in [-0.4, -0.2) is 58.9 Å². The number of rotatable bonds is 5. The number of carbonyl (C=O) groups is 2. The predicted octanol–water partition coefficient (Wildman–Crippen LogP) is 3.62.